The zero-order valence-electron chi connectivity index (χ0n) is 8.92. The van der Waals surface area contributed by atoms with Gasteiger partial charge >= 0.3 is 0 Å². The van der Waals surface area contributed by atoms with Gasteiger partial charge in [0.1, 0.15) is 0 Å². The second-order valence-electron chi connectivity index (χ2n) is 5.27. The van der Waals surface area contributed by atoms with Crippen LogP contribution in [0.3, 0.4) is 0 Å². The van der Waals surface area contributed by atoms with Gasteiger partial charge in [-0.05, 0) is 54.9 Å². The lowest BCUT2D eigenvalue weighted by Crippen LogP contribution is -2.19. The molecule has 0 amide bonds. The average Bonchev–Trinajstić information content (AvgIpc) is 2.84. The Labute approximate surface area is 101 Å². The zero-order chi connectivity index (χ0) is 10.3. The van der Waals surface area contributed by atoms with Gasteiger partial charge in [-0.1, -0.05) is 12.5 Å². The first-order valence-electron chi connectivity index (χ1n) is 5.97. The highest BCUT2D eigenvalue weighted by Crippen LogP contribution is 2.60. The van der Waals surface area contributed by atoms with Crippen molar-refractivity contribution in [3.05, 3.63) is 22.4 Å². The fourth-order valence-corrected chi connectivity index (χ4v) is 4.30. The van der Waals surface area contributed by atoms with Gasteiger partial charge in [-0.2, -0.15) is 0 Å². The zero-order valence-corrected chi connectivity index (χ0v) is 10.5. The molecule has 2 atom stereocenters. The predicted molar refractivity (Wildman–Crippen MR) is 66.5 cm³/mol. The van der Waals surface area contributed by atoms with Crippen LogP contribution in [0, 0.1) is 11.3 Å². The Hall–Kier alpha value is -0.0100. The molecule has 0 N–H and O–H groups in total. The van der Waals surface area contributed by atoms with Crippen molar-refractivity contribution < 1.29 is 0 Å². The summed E-state index contributed by atoms with van der Waals surface area (Å²) in [6.07, 6.45) is 8.54. The summed E-state index contributed by atoms with van der Waals surface area (Å²) in [6, 6.07) is 4.31. The molecule has 1 aromatic heterocycles. The topological polar surface area (TPSA) is 0 Å². The molecule has 0 aromatic carbocycles. The quantitative estimate of drug-likeness (QED) is 0.639. The van der Waals surface area contributed by atoms with E-state index in [1.807, 2.05) is 11.3 Å². The van der Waals surface area contributed by atoms with Gasteiger partial charge in [0.2, 0.25) is 0 Å². The fraction of sp³-hybridized carbons (Fsp3) is 0.692. The normalized spacial score (nSPS) is 30.3. The first-order chi connectivity index (χ1) is 7.29. The van der Waals surface area contributed by atoms with E-state index in [1.165, 1.54) is 43.4 Å². The van der Waals surface area contributed by atoms with Crippen LogP contribution in [0.15, 0.2) is 17.5 Å². The highest BCUT2D eigenvalue weighted by molar-refractivity contribution is 7.10. The first-order valence-corrected chi connectivity index (χ1v) is 7.28. The number of rotatable bonds is 2. The Bertz CT molecular complexity index is 326. The third-order valence-electron chi connectivity index (χ3n) is 4.16. The first kappa shape index (κ1) is 10.2. The van der Waals surface area contributed by atoms with Crippen LogP contribution in [0.1, 0.15) is 48.8 Å². The Morgan fingerprint density at radius 1 is 1.40 bits per heavy atom. The molecular weight excluding hydrogens is 224 g/mol. The molecule has 1 spiro atoms. The standard InChI is InChI=1S/C13H17ClS/c14-12(11-4-2-8-15-11)10-3-1-5-13(9-10)6-7-13/h2,4,8,10,12H,1,3,5-7,9H2. The van der Waals surface area contributed by atoms with Crippen LogP contribution in [0.4, 0.5) is 0 Å². The van der Waals surface area contributed by atoms with Gasteiger partial charge in [0.15, 0.2) is 0 Å². The Balaban J connectivity index is 1.71. The van der Waals surface area contributed by atoms with E-state index in [4.69, 9.17) is 11.6 Å². The third-order valence-corrected chi connectivity index (χ3v) is 5.84. The van der Waals surface area contributed by atoms with Gasteiger partial charge in [-0.15, -0.1) is 22.9 Å². The van der Waals surface area contributed by atoms with E-state index in [2.05, 4.69) is 17.5 Å². The van der Waals surface area contributed by atoms with Gasteiger partial charge in [0.25, 0.3) is 0 Å². The summed E-state index contributed by atoms with van der Waals surface area (Å²) >= 11 is 8.41. The number of alkyl halides is 1. The average molecular weight is 241 g/mol. The van der Waals surface area contributed by atoms with Crippen molar-refractivity contribution in [1.82, 2.24) is 0 Å². The SMILES string of the molecule is ClC(c1cccs1)C1CCCC2(CC2)C1. The van der Waals surface area contributed by atoms with Crippen molar-refractivity contribution in [3.8, 4) is 0 Å². The van der Waals surface area contributed by atoms with Crippen LogP contribution in [0.5, 0.6) is 0 Å². The number of hydrogen-bond acceptors (Lipinski definition) is 1. The van der Waals surface area contributed by atoms with Crippen LogP contribution < -0.4 is 0 Å². The van der Waals surface area contributed by atoms with Crippen LogP contribution >= 0.6 is 22.9 Å². The van der Waals surface area contributed by atoms with Crippen LogP contribution in [-0.4, -0.2) is 0 Å². The summed E-state index contributed by atoms with van der Waals surface area (Å²) < 4.78 is 0. The maximum atomic E-state index is 6.59. The second-order valence-corrected chi connectivity index (χ2v) is 6.72. The summed E-state index contributed by atoms with van der Waals surface area (Å²) in [4.78, 5) is 1.37. The largest absolute Gasteiger partial charge is 0.147 e. The minimum atomic E-state index is 0.280. The Morgan fingerprint density at radius 3 is 2.93 bits per heavy atom. The molecule has 0 aliphatic heterocycles. The van der Waals surface area contributed by atoms with Crippen molar-refractivity contribution in [2.75, 3.05) is 0 Å². The predicted octanol–water partition coefficient (Wildman–Crippen LogP) is 5.00. The van der Waals surface area contributed by atoms with Crippen molar-refractivity contribution in [3.63, 3.8) is 0 Å². The van der Waals surface area contributed by atoms with Gasteiger partial charge < -0.3 is 0 Å². The molecule has 2 aliphatic carbocycles. The molecule has 3 rings (SSSR count). The lowest BCUT2D eigenvalue weighted by molar-refractivity contribution is 0.242. The molecule has 1 aromatic rings. The van der Waals surface area contributed by atoms with Crippen molar-refractivity contribution >= 4 is 22.9 Å². The minimum absolute atomic E-state index is 0.280. The monoisotopic (exact) mass is 240 g/mol. The molecule has 0 bridgehead atoms. The maximum absolute atomic E-state index is 6.59. The molecular formula is C13H17ClS. The van der Waals surface area contributed by atoms with Gasteiger partial charge in [-0.25, -0.2) is 0 Å². The van der Waals surface area contributed by atoms with Crippen molar-refractivity contribution in [2.45, 2.75) is 43.9 Å². The molecule has 82 valence electrons. The fourth-order valence-electron chi connectivity index (χ4n) is 3.06. The molecule has 2 fully saturated rings. The van der Waals surface area contributed by atoms with Crippen molar-refractivity contribution in [1.29, 1.82) is 0 Å². The van der Waals surface area contributed by atoms with Crippen LogP contribution in [0.2, 0.25) is 0 Å². The molecule has 0 saturated heterocycles. The van der Waals surface area contributed by atoms with E-state index in [-0.39, 0.29) is 5.38 Å². The van der Waals surface area contributed by atoms with E-state index in [9.17, 15) is 0 Å². The highest BCUT2D eigenvalue weighted by Gasteiger charge is 2.47. The van der Waals surface area contributed by atoms with E-state index in [0.717, 1.165) is 11.3 Å². The summed E-state index contributed by atoms with van der Waals surface area (Å²) in [7, 11) is 0. The molecule has 0 nitrogen and oxygen atoms in total. The maximum Gasteiger partial charge on any atom is 0.0706 e. The minimum Gasteiger partial charge on any atom is -0.147 e. The van der Waals surface area contributed by atoms with E-state index < -0.39 is 0 Å². The lowest BCUT2D eigenvalue weighted by Gasteiger charge is -2.31. The Kier molecular flexibility index (Phi) is 2.56. The number of halogens is 1. The highest BCUT2D eigenvalue weighted by atomic mass is 35.5. The van der Waals surface area contributed by atoms with Gasteiger partial charge in [-0.3, -0.25) is 0 Å². The van der Waals surface area contributed by atoms with Gasteiger partial charge in [0, 0.05) is 4.88 Å². The summed E-state index contributed by atoms with van der Waals surface area (Å²) in [5.74, 6) is 0.738. The van der Waals surface area contributed by atoms with Crippen LogP contribution in [0.25, 0.3) is 0 Å². The molecule has 2 aliphatic rings. The molecule has 2 unspecified atom stereocenters. The second kappa shape index (κ2) is 3.78. The van der Waals surface area contributed by atoms with E-state index in [0.29, 0.717) is 0 Å². The summed E-state index contributed by atoms with van der Waals surface area (Å²) in [6.45, 7) is 0. The third kappa shape index (κ3) is 1.97. The van der Waals surface area contributed by atoms with E-state index >= 15 is 0 Å². The number of thiophene rings is 1. The molecule has 0 radical (unpaired) electrons. The van der Waals surface area contributed by atoms with Crippen molar-refractivity contribution in [2.24, 2.45) is 11.3 Å². The van der Waals surface area contributed by atoms with Gasteiger partial charge in [0.05, 0.1) is 5.38 Å². The van der Waals surface area contributed by atoms with E-state index in [1.54, 1.807) is 0 Å². The molecule has 2 heteroatoms. The smallest absolute Gasteiger partial charge is 0.0706 e. The Morgan fingerprint density at radius 2 is 2.27 bits per heavy atom. The molecule has 2 saturated carbocycles. The summed E-state index contributed by atoms with van der Waals surface area (Å²) in [5.41, 5.74) is 0.743. The lowest BCUT2D eigenvalue weighted by atomic mass is 9.77. The molecule has 1 heterocycles. The number of hydrogen-bond donors (Lipinski definition) is 0. The molecule has 15 heavy (non-hydrogen) atoms. The van der Waals surface area contributed by atoms with Crippen LogP contribution in [-0.2, 0) is 0 Å². The summed E-state index contributed by atoms with van der Waals surface area (Å²) in [5, 5.41) is 2.42.